The fourth-order valence-electron chi connectivity index (χ4n) is 2.33. The van der Waals surface area contributed by atoms with Crippen LogP contribution in [-0.4, -0.2) is 9.97 Å². The fraction of sp³-hybridized carbons (Fsp3) is 0. The van der Waals surface area contributed by atoms with Crippen molar-refractivity contribution in [2.45, 2.75) is 0 Å². The normalized spacial score (nSPS) is 9.42. The second kappa shape index (κ2) is 10.8. The molecule has 0 spiro atoms. The zero-order valence-corrected chi connectivity index (χ0v) is 17.9. The van der Waals surface area contributed by atoms with Gasteiger partial charge in [0.1, 0.15) is 0 Å². The van der Waals surface area contributed by atoms with Crippen LogP contribution in [0.25, 0.3) is 22.5 Å². The Morgan fingerprint density at radius 1 is 0.538 bits per heavy atom. The quantitative estimate of drug-likeness (QED) is 0.280. The topological polar surface area (TPSA) is 25.8 Å². The Kier molecular flexibility index (Phi) is 8.36. The number of aromatic nitrogens is 2. The van der Waals surface area contributed by atoms with Crippen molar-refractivity contribution in [2.75, 3.05) is 0 Å². The Morgan fingerprint density at radius 2 is 1.08 bits per heavy atom. The molecule has 0 amide bonds. The van der Waals surface area contributed by atoms with Gasteiger partial charge in [-0.25, -0.2) is 0 Å². The average Bonchev–Trinajstić information content (AvgIpc) is 2.71. The summed E-state index contributed by atoms with van der Waals surface area (Å²) in [4.78, 5) is 8.53. The largest absolute Gasteiger partial charge is 0.256 e. The molecule has 0 atom stereocenters. The van der Waals surface area contributed by atoms with Gasteiger partial charge in [0.2, 0.25) is 0 Å². The summed E-state index contributed by atoms with van der Waals surface area (Å²) < 4.78 is 1.08. The summed E-state index contributed by atoms with van der Waals surface area (Å²) in [5, 5.41) is 0. The van der Waals surface area contributed by atoms with Gasteiger partial charge >= 0.3 is 0 Å². The first-order valence-electron chi connectivity index (χ1n) is 7.97. The maximum atomic E-state index is 4.28. The van der Waals surface area contributed by atoms with E-state index in [1.54, 1.807) is 6.20 Å². The Labute approximate surface area is 175 Å². The number of halogens is 1. The van der Waals surface area contributed by atoms with Gasteiger partial charge in [-0.15, -0.1) is 0 Å². The third-order valence-electron chi connectivity index (χ3n) is 3.55. The van der Waals surface area contributed by atoms with Crippen molar-refractivity contribution in [1.29, 1.82) is 0 Å². The summed E-state index contributed by atoms with van der Waals surface area (Å²) in [7, 11) is 0. The minimum atomic E-state index is 0. The second-order valence-corrected chi connectivity index (χ2v) is 6.13. The van der Waals surface area contributed by atoms with Crippen molar-refractivity contribution in [2.24, 2.45) is 0 Å². The van der Waals surface area contributed by atoms with Gasteiger partial charge in [0.15, 0.2) is 0 Å². The van der Waals surface area contributed by atoms with E-state index in [0.717, 1.165) is 27.0 Å². The van der Waals surface area contributed by atoms with Gasteiger partial charge in [0.05, 0.1) is 11.4 Å². The smallest absolute Gasteiger partial charge is 0.0713 e. The van der Waals surface area contributed by atoms with E-state index in [2.05, 4.69) is 38.0 Å². The van der Waals surface area contributed by atoms with Crippen LogP contribution < -0.4 is 0 Å². The predicted molar refractivity (Wildman–Crippen MR) is 107 cm³/mol. The molecule has 2 nitrogen and oxygen atoms in total. The van der Waals surface area contributed by atoms with Crippen LogP contribution in [0.3, 0.4) is 0 Å². The summed E-state index contributed by atoms with van der Waals surface area (Å²) in [6.07, 6.45) is 3.61. The Bertz CT molecular complexity index is 863. The standard InChI is InChI=1S/C11H8BrN.C11H9N.Ir/c12-10-6-2-1-5-9(10)11-7-3-4-8-13-11;1-2-6-10(7-3-1)11-8-4-5-9-12-11;/h1-8H;1-9H;. The molecule has 4 rings (SSSR count). The van der Waals surface area contributed by atoms with Gasteiger partial charge < -0.3 is 0 Å². The first kappa shape index (κ1) is 20.2. The van der Waals surface area contributed by atoms with E-state index < -0.39 is 0 Å². The molecule has 1 radical (unpaired) electrons. The molecule has 0 aliphatic rings. The predicted octanol–water partition coefficient (Wildman–Crippen LogP) is 6.26. The Hall–Kier alpha value is -2.13. The molecular weight excluding hydrogens is 564 g/mol. The molecule has 2 heterocycles. The number of hydrogen-bond acceptors (Lipinski definition) is 2. The monoisotopic (exact) mass is 581 g/mol. The number of pyridine rings is 2. The van der Waals surface area contributed by atoms with Crippen LogP contribution in [0.5, 0.6) is 0 Å². The average molecular weight is 582 g/mol. The van der Waals surface area contributed by atoms with Crippen molar-refractivity contribution in [3.8, 4) is 22.5 Å². The second-order valence-electron chi connectivity index (χ2n) is 5.28. The van der Waals surface area contributed by atoms with Crippen molar-refractivity contribution >= 4 is 15.9 Å². The van der Waals surface area contributed by atoms with Crippen LogP contribution >= 0.6 is 15.9 Å². The molecule has 131 valence electrons. The number of hydrogen-bond donors (Lipinski definition) is 0. The molecule has 0 saturated carbocycles. The molecule has 0 aliphatic carbocycles. The van der Waals surface area contributed by atoms with Crippen molar-refractivity contribution < 1.29 is 20.1 Å². The Balaban J connectivity index is 0.000000180. The molecular formula is C22H17BrIrN2. The van der Waals surface area contributed by atoms with Crippen molar-refractivity contribution in [3.63, 3.8) is 0 Å². The molecule has 26 heavy (non-hydrogen) atoms. The number of benzene rings is 2. The van der Waals surface area contributed by atoms with Crippen LogP contribution in [0.4, 0.5) is 0 Å². The summed E-state index contributed by atoms with van der Waals surface area (Å²) >= 11 is 3.49. The van der Waals surface area contributed by atoms with Gasteiger partial charge in [0, 0.05) is 48.1 Å². The van der Waals surface area contributed by atoms with Crippen molar-refractivity contribution in [3.05, 3.63) is 108 Å². The van der Waals surface area contributed by atoms with E-state index in [1.807, 2.05) is 85.1 Å². The van der Waals surface area contributed by atoms with E-state index in [-0.39, 0.29) is 20.1 Å². The SMILES string of the molecule is Brc1ccccc1-c1ccccn1.[Ir].c1ccc(-c2ccccn2)cc1. The zero-order valence-electron chi connectivity index (χ0n) is 13.9. The van der Waals surface area contributed by atoms with Gasteiger partial charge in [-0.2, -0.15) is 0 Å². The van der Waals surface area contributed by atoms with E-state index in [0.29, 0.717) is 0 Å². The Morgan fingerprint density at radius 3 is 1.65 bits per heavy atom. The number of rotatable bonds is 2. The van der Waals surface area contributed by atoms with Gasteiger partial charge in [0.25, 0.3) is 0 Å². The maximum Gasteiger partial charge on any atom is 0.0713 e. The number of nitrogens with zero attached hydrogens (tertiary/aromatic N) is 2. The summed E-state index contributed by atoms with van der Waals surface area (Å²) in [5.74, 6) is 0. The molecule has 4 heteroatoms. The third kappa shape index (κ3) is 5.70. The first-order valence-corrected chi connectivity index (χ1v) is 8.76. The molecule has 4 aromatic rings. The zero-order chi connectivity index (χ0) is 17.3. The molecule has 0 fully saturated rings. The van der Waals surface area contributed by atoms with Gasteiger partial charge in [-0.3, -0.25) is 9.97 Å². The minimum absolute atomic E-state index is 0. The fourth-order valence-corrected chi connectivity index (χ4v) is 2.82. The molecule has 2 aromatic heterocycles. The molecule has 0 bridgehead atoms. The third-order valence-corrected chi connectivity index (χ3v) is 4.24. The van der Waals surface area contributed by atoms with E-state index in [4.69, 9.17) is 0 Å². The molecule has 0 aliphatic heterocycles. The van der Waals surface area contributed by atoms with Crippen LogP contribution in [0.15, 0.2) is 108 Å². The van der Waals surface area contributed by atoms with Crippen LogP contribution in [-0.2, 0) is 20.1 Å². The maximum absolute atomic E-state index is 4.28. The van der Waals surface area contributed by atoms with Crippen LogP contribution in [0.1, 0.15) is 0 Å². The molecule has 0 unspecified atom stereocenters. The van der Waals surface area contributed by atoms with Crippen LogP contribution in [0.2, 0.25) is 0 Å². The van der Waals surface area contributed by atoms with Gasteiger partial charge in [-0.05, 0) is 30.3 Å². The summed E-state index contributed by atoms with van der Waals surface area (Å²) in [6, 6.07) is 30.1. The van der Waals surface area contributed by atoms with E-state index in [9.17, 15) is 0 Å². The van der Waals surface area contributed by atoms with Gasteiger partial charge in [-0.1, -0.05) is 76.6 Å². The first-order chi connectivity index (χ1) is 12.3. The van der Waals surface area contributed by atoms with E-state index >= 15 is 0 Å². The summed E-state index contributed by atoms with van der Waals surface area (Å²) in [6.45, 7) is 0. The molecule has 0 saturated heterocycles. The molecule has 2 aromatic carbocycles. The van der Waals surface area contributed by atoms with Crippen LogP contribution in [0, 0.1) is 0 Å². The van der Waals surface area contributed by atoms with Crippen molar-refractivity contribution in [1.82, 2.24) is 9.97 Å². The van der Waals surface area contributed by atoms with E-state index in [1.165, 1.54) is 0 Å². The minimum Gasteiger partial charge on any atom is -0.256 e. The summed E-state index contributed by atoms with van der Waals surface area (Å²) in [5.41, 5.74) is 4.31. The molecule has 0 N–H and O–H groups in total.